The SMILES string of the molecule is CCOc1ccccc1NC(=O)/C(C#N)=C/c1ccc(SC(F)(F)F)cc1. The van der Waals surface area contributed by atoms with Gasteiger partial charge in [-0.15, -0.1) is 0 Å². The molecule has 2 aromatic carbocycles. The number of hydrogen-bond donors (Lipinski definition) is 1. The van der Waals surface area contributed by atoms with E-state index in [1.165, 1.54) is 30.3 Å². The average molecular weight is 392 g/mol. The minimum Gasteiger partial charge on any atom is -0.492 e. The number of benzene rings is 2. The molecule has 4 nitrogen and oxygen atoms in total. The van der Waals surface area contributed by atoms with Gasteiger partial charge in [-0.05, 0) is 54.6 Å². The number of nitrogens with zero attached hydrogens (tertiary/aromatic N) is 1. The lowest BCUT2D eigenvalue weighted by atomic mass is 10.1. The summed E-state index contributed by atoms with van der Waals surface area (Å²) in [5, 5.41) is 11.9. The van der Waals surface area contributed by atoms with E-state index in [1.807, 2.05) is 0 Å². The van der Waals surface area contributed by atoms with Crippen molar-refractivity contribution in [2.45, 2.75) is 17.3 Å². The number of hydrogen-bond acceptors (Lipinski definition) is 4. The molecule has 0 aromatic heterocycles. The summed E-state index contributed by atoms with van der Waals surface area (Å²) in [5.41, 5.74) is -3.70. The quantitative estimate of drug-likeness (QED) is 0.415. The van der Waals surface area contributed by atoms with Crippen LogP contribution in [0.15, 0.2) is 59.0 Å². The molecule has 0 aliphatic carbocycles. The molecular weight excluding hydrogens is 377 g/mol. The van der Waals surface area contributed by atoms with Crippen LogP contribution in [0.3, 0.4) is 0 Å². The summed E-state index contributed by atoms with van der Waals surface area (Å²) < 4.78 is 42.5. The number of nitriles is 1. The highest BCUT2D eigenvalue weighted by molar-refractivity contribution is 8.00. The fourth-order valence-corrected chi connectivity index (χ4v) is 2.66. The first-order chi connectivity index (χ1) is 12.8. The van der Waals surface area contributed by atoms with E-state index in [4.69, 9.17) is 4.74 Å². The van der Waals surface area contributed by atoms with Crippen LogP contribution in [0.25, 0.3) is 6.08 Å². The zero-order valence-corrected chi connectivity index (χ0v) is 15.0. The molecule has 0 heterocycles. The number of carbonyl (C=O) groups is 1. The van der Waals surface area contributed by atoms with Crippen molar-refractivity contribution in [3.05, 3.63) is 59.7 Å². The number of para-hydroxylation sites is 2. The molecule has 1 amide bonds. The Bertz CT molecular complexity index is 872. The second kappa shape index (κ2) is 9.14. The van der Waals surface area contributed by atoms with Crippen molar-refractivity contribution < 1.29 is 22.7 Å². The van der Waals surface area contributed by atoms with E-state index in [0.29, 0.717) is 23.6 Å². The molecule has 140 valence electrons. The largest absolute Gasteiger partial charge is 0.492 e. The Morgan fingerprint density at radius 2 is 1.89 bits per heavy atom. The van der Waals surface area contributed by atoms with Crippen LogP contribution < -0.4 is 10.1 Å². The van der Waals surface area contributed by atoms with Gasteiger partial charge in [0.2, 0.25) is 0 Å². The molecule has 0 spiro atoms. The minimum absolute atomic E-state index is 0.0215. The van der Waals surface area contributed by atoms with E-state index in [-0.39, 0.29) is 22.2 Å². The van der Waals surface area contributed by atoms with Crippen LogP contribution in [0.2, 0.25) is 0 Å². The van der Waals surface area contributed by atoms with Gasteiger partial charge >= 0.3 is 5.51 Å². The Hall–Kier alpha value is -2.92. The molecule has 0 atom stereocenters. The van der Waals surface area contributed by atoms with Crippen LogP contribution >= 0.6 is 11.8 Å². The molecule has 0 radical (unpaired) electrons. The van der Waals surface area contributed by atoms with Gasteiger partial charge in [0.15, 0.2) is 0 Å². The fourth-order valence-electron chi connectivity index (χ4n) is 2.12. The highest BCUT2D eigenvalue weighted by Crippen LogP contribution is 2.36. The number of halogens is 3. The van der Waals surface area contributed by atoms with Crippen LogP contribution in [-0.2, 0) is 4.79 Å². The summed E-state index contributed by atoms with van der Waals surface area (Å²) in [5.74, 6) is -0.169. The number of alkyl halides is 3. The lowest BCUT2D eigenvalue weighted by Gasteiger charge is -2.10. The monoisotopic (exact) mass is 392 g/mol. The molecule has 2 rings (SSSR count). The van der Waals surface area contributed by atoms with Crippen molar-refractivity contribution in [1.82, 2.24) is 0 Å². The third kappa shape index (κ3) is 6.38. The van der Waals surface area contributed by atoms with Crippen molar-refractivity contribution >= 4 is 29.4 Å². The maximum absolute atomic E-state index is 12.4. The first-order valence-corrected chi connectivity index (χ1v) is 8.65. The van der Waals surface area contributed by atoms with Crippen LogP contribution in [0.5, 0.6) is 5.75 Å². The summed E-state index contributed by atoms with van der Waals surface area (Å²) in [7, 11) is 0. The fraction of sp³-hybridized carbons (Fsp3) is 0.158. The minimum atomic E-state index is -4.37. The number of carbonyl (C=O) groups excluding carboxylic acids is 1. The molecule has 1 N–H and O–H groups in total. The van der Waals surface area contributed by atoms with Gasteiger partial charge in [0.25, 0.3) is 5.91 Å². The van der Waals surface area contributed by atoms with Crippen LogP contribution in [0, 0.1) is 11.3 Å². The van der Waals surface area contributed by atoms with Gasteiger partial charge in [-0.1, -0.05) is 24.3 Å². The maximum Gasteiger partial charge on any atom is 0.446 e. The zero-order chi connectivity index (χ0) is 19.9. The smallest absolute Gasteiger partial charge is 0.446 e. The molecule has 0 aliphatic rings. The Morgan fingerprint density at radius 3 is 2.48 bits per heavy atom. The molecule has 0 bridgehead atoms. The number of thioether (sulfide) groups is 1. The van der Waals surface area contributed by atoms with Crippen molar-refractivity contribution in [3.63, 3.8) is 0 Å². The van der Waals surface area contributed by atoms with E-state index >= 15 is 0 Å². The van der Waals surface area contributed by atoms with Crippen LogP contribution in [0.4, 0.5) is 18.9 Å². The molecule has 0 unspecified atom stereocenters. The number of anilines is 1. The molecule has 0 saturated carbocycles. The van der Waals surface area contributed by atoms with E-state index < -0.39 is 11.4 Å². The van der Waals surface area contributed by atoms with Gasteiger partial charge < -0.3 is 10.1 Å². The van der Waals surface area contributed by atoms with E-state index in [0.717, 1.165) is 0 Å². The third-order valence-electron chi connectivity index (χ3n) is 3.22. The van der Waals surface area contributed by atoms with Gasteiger partial charge in [0.1, 0.15) is 17.4 Å². The molecule has 0 aliphatic heterocycles. The number of nitrogens with one attached hydrogen (secondary N) is 1. The highest BCUT2D eigenvalue weighted by Gasteiger charge is 2.28. The summed E-state index contributed by atoms with van der Waals surface area (Å²) in [6, 6.07) is 14.0. The van der Waals surface area contributed by atoms with Crippen LogP contribution in [-0.4, -0.2) is 18.0 Å². The average Bonchev–Trinajstić information content (AvgIpc) is 2.61. The van der Waals surface area contributed by atoms with Gasteiger partial charge in [0, 0.05) is 4.90 Å². The summed E-state index contributed by atoms with van der Waals surface area (Å²) in [6.07, 6.45) is 1.31. The standard InChI is InChI=1S/C19H15F3N2O2S/c1-2-26-17-6-4-3-5-16(17)24-18(25)14(12-23)11-13-7-9-15(10-8-13)27-19(20,21)22/h3-11H,2H2,1H3,(H,24,25)/b14-11+. The predicted octanol–water partition coefficient (Wildman–Crippen LogP) is 5.24. The van der Waals surface area contributed by atoms with Gasteiger partial charge in [-0.3, -0.25) is 4.79 Å². The van der Waals surface area contributed by atoms with Crippen molar-refractivity contribution in [3.8, 4) is 11.8 Å². The van der Waals surface area contributed by atoms with Crippen molar-refractivity contribution in [2.75, 3.05) is 11.9 Å². The molecular formula is C19H15F3N2O2S. The van der Waals surface area contributed by atoms with Crippen molar-refractivity contribution in [2.24, 2.45) is 0 Å². The van der Waals surface area contributed by atoms with Gasteiger partial charge in [-0.25, -0.2) is 0 Å². The summed E-state index contributed by atoms with van der Waals surface area (Å²) in [4.78, 5) is 12.4. The second-order valence-electron chi connectivity index (χ2n) is 5.17. The number of amides is 1. The third-order valence-corrected chi connectivity index (χ3v) is 3.96. The van der Waals surface area contributed by atoms with E-state index in [1.54, 1.807) is 37.3 Å². The Balaban J connectivity index is 2.16. The molecule has 27 heavy (non-hydrogen) atoms. The Labute approximate surface area is 158 Å². The predicted molar refractivity (Wildman–Crippen MR) is 98.2 cm³/mol. The molecule has 8 heteroatoms. The topological polar surface area (TPSA) is 62.1 Å². The normalized spacial score (nSPS) is 11.6. The summed E-state index contributed by atoms with van der Waals surface area (Å²) in [6.45, 7) is 2.22. The molecule has 2 aromatic rings. The lowest BCUT2D eigenvalue weighted by Crippen LogP contribution is -2.14. The van der Waals surface area contributed by atoms with Gasteiger partial charge in [-0.2, -0.15) is 18.4 Å². The first-order valence-electron chi connectivity index (χ1n) is 7.83. The first kappa shape index (κ1) is 20.4. The Kier molecular flexibility index (Phi) is 6.91. The molecule has 0 fully saturated rings. The van der Waals surface area contributed by atoms with Crippen LogP contribution in [0.1, 0.15) is 12.5 Å². The second-order valence-corrected chi connectivity index (χ2v) is 6.31. The Morgan fingerprint density at radius 1 is 1.22 bits per heavy atom. The summed E-state index contributed by atoms with van der Waals surface area (Å²) >= 11 is -0.231. The number of rotatable bonds is 6. The zero-order valence-electron chi connectivity index (χ0n) is 14.2. The van der Waals surface area contributed by atoms with Gasteiger partial charge in [0.05, 0.1) is 12.3 Å². The lowest BCUT2D eigenvalue weighted by molar-refractivity contribution is -0.112. The highest BCUT2D eigenvalue weighted by atomic mass is 32.2. The van der Waals surface area contributed by atoms with E-state index in [2.05, 4.69) is 5.32 Å². The maximum atomic E-state index is 12.4. The number of ether oxygens (including phenoxy) is 1. The molecule has 0 saturated heterocycles. The van der Waals surface area contributed by atoms with E-state index in [9.17, 15) is 23.2 Å². The van der Waals surface area contributed by atoms with Crippen molar-refractivity contribution in [1.29, 1.82) is 5.26 Å².